The Labute approximate surface area is 232 Å². The zero-order valence-electron chi connectivity index (χ0n) is 25.6. The van der Waals surface area contributed by atoms with Gasteiger partial charge < -0.3 is 15.2 Å². The Morgan fingerprint density at radius 3 is 2.03 bits per heavy atom. The summed E-state index contributed by atoms with van der Waals surface area (Å²) < 4.78 is 6.71. The van der Waals surface area contributed by atoms with Crippen molar-refractivity contribution in [3.63, 3.8) is 0 Å². The van der Waals surface area contributed by atoms with E-state index in [1.54, 1.807) is 0 Å². The maximum atomic E-state index is 12.3. The predicted molar refractivity (Wildman–Crippen MR) is 158 cm³/mol. The van der Waals surface area contributed by atoms with Crippen LogP contribution in [0.1, 0.15) is 134 Å². The van der Waals surface area contributed by atoms with Gasteiger partial charge in [-0.25, -0.2) is 0 Å². The fourth-order valence-electron chi connectivity index (χ4n) is 5.90. The summed E-state index contributed by atoms with van der Waals surface area (Å²) in [7, 11) is 0. The molecule has 0 unspecified atom stereocenters. The first kappa shape index (κ1) is 32.2. The summed E-state index contributed by atoms with van der Waals surface area (Å²) >= 11 is 0. The average Bonchev–Trinajstić information content (AvgIpc) is 2.83. The molecule has 38 heavy (non-hydrogen) atoms. The molecule has 1 aromatic rings. The highest BCUT2D eigenvalue weighted by molar-refractivity contribution is 5.94. The number of anilines is 1. The third-order valence-corrected chi connectivity index (χ3v) is 8.74. The number of hydrogen-bond donors (Lipinski definition) is 2. The van der Waals surface area contributed by atoms with Gasteiger partial charge in [0.2, 0.25) is 5.91 Å². The number of nitrogens with one attached hydrogen (secondary N) is 1. The summed E-state index contributed by atoms with van der Waals surface area (Å²) in [6.07, 6.45) is 13.4. The second-order valence-electron chi connectivity index (χ2n) is 12.9. The van der Waals surface area contributed by atoms with Crippen LogP contribution < -0.4 is 10.1 Å². The van der Waals surface area contributed by atoms with Gasteiger partial charge in [0.15, 0.2) is 0 Å². The fourth-order valence-corrected chi connectivity index (χ4v) is 5.90. The number of carboxylic acid groups (broad SMARTS) is 1. The van der Waals surface area contributed by atoms with Crippen LogP contribution in [0.5, 0.6) is 5.75 Å². The monoisotopic (exact) mass is 529 g/mol. The summed E-state index contributed by atoms with van der Waals surface area (Å²) in [6.45, 7) is 17.8. The SMILES string of the molecule is Cc1c(C)c2c(c(C)c1NC(=O)CCC(=O)O)CC[C@@](C)(CCC[C@H](C)CCC[C@H](C)CCCC(C)C)O2. The smallest absolute Gasteiger partial charge is 0.303 e. The first-order valence-electron chi connectivity index (χ1n) is 15.2. The molecule has 1 aliphatic heterocycles. The average molecular weight is 530 g/mol. The molecule has 0 aromatic heterocycles. The fraction of sp³-hybridized carbons (Fsp3) is 0.758. The quantitative estimate of drug-likeness (QED) is 0.224. The maximum absolute atomic E-state index is 12.3. The molecule has 1 aromatic carbocycles. The second kappa shape index (κ2) is 14.9. The third kappa shape index (κ3) is 9.93. The number of hydrogen-bond acceptors (Lipinski definition) is 3. The minimum absolute atomic E-state index is 0.0192. The van der Waals surface area contributed by atoms with Gasteiger partial charge in [0, 0.05) is 12.1 Å². The van der Waals surface area contributed by atoms with Crippen molar-refractivity contribution in [2.24, 2.45) is 17.8 Å². The Balaban J connectivity index is 1.87. The molecule has 0 aliphatic carbocycles. The maximum Gasteiger partial charge on any atom is 0.303 e. The number of carboxylic acids is 1. The highest BCUT2D eigenvalue weighted by Gasteiger charge is 2.34. The topological polar surface area (TPSA) is 75.6 Å². The molecule has 2 N–H and O–H groups in total. The van der Waals surface area contributed by atoms with E-state index in [0.717, 1.165) is 65.1 Å². The van der Waals surface area contributed by atoms with E-state index in [-0.39, 0.29) is 24.3 Å². The number of aliphatic carboxylic acids is 1. The van der Waals surface area contributed by atoms with E-state index < -0.39 is 5.97 Å². The van der Waals surface area contributed by atoms with Gasteiger partial charge in [-0.2, -0.15) is 0 Å². The Hall–Kier alpha value is -2.04. The van der Waals surface area contributed by atoms with Gasteiger partial charge in [-0.1, -0.05) is 72.6 Å². The van der Waals surface area contributed by atoms with Crippen LogP contribution in [0, 0.1) is 38.5 Å². The summed E-state index contributed by atoms with van der Waals surface area (Å²) in [5.74, 6) is 2.20. The summed E-state index contributed by atoms with van der Waals surface area (Å²) in [5, 5.41) is 11.9. The molecule has 5 heteroatoms. The largest absolute Gasteiger partial charge is 0.487 e. The van der Waals surface area contributed by atoms with E-state index in [1.165, 1.54) is 56.9 Å². The minimum Gasteiger partial charge on any atom is -0.487 e. The summed E-state index contributed by atoms with van der Waals surface area (Å²) in [5.41, 5.74) is 4.94. The van der Waals surface area contributed by atoms with E-state index in [2.05, 4.69) is 46.9 Å². The standard InChI is InChI=1S/C33H55NO4/c1-22(2)12-9-13-23(3)14-10-15-24(4)16-11-20-33(8)21-19-28-27(7)31(25(5)26(6)32(28)38-33)34-29(35)17-18-30(36)37/h22-24H,9-21H2,1-8H3,(H,34,35)(H,36,37)/t23-,24-,33-/m1/s1. The molecule has 2 rings (SSSR count). The zero-order chi connectivity index (χ0) is 28.5. The normalized spacial score (nSPS) is 18.6. The van der Waals surface area contributed by atoms with Crippen molar-refractivity contribution < 1.29 is 19.4 Å². The Bertz CT molecular complexity index is 938. The molecule has 0 bridgehead atoms. The molecule has 1 aliphatic rings. The lowest BCUT2D eigenvalue weighted by molar-refractivity contribution is -0.138. The number of ether oxygens (including phenoxy) is 1. The lowest BCUT2D eigenvalue weighted by Gasteiger charge is -2.38. The highest BCUT2D eigenvalue weighted by Crippen LogP contribution is 2.44. The molecule has 3 atom stereocenters. The Morgan fingerprint density at radius 2 is 1.45 bits per heavy atom. The summed E-state index contributed by atoms with van der Waals surface area (Å²) in [6, 6.07) is 0. The van der Waals surface area contributed by atoms with Crippen molar-refractivity contribution >= 4 is 17.6 Å². The molecule has 0 radical (unpaired) electrons. The number of carbonyl (C=O) groups excluding carboxylic acids is 1. The molecule has 1 amide bonds. The lowest BCUT2D eigenvalue weighted by atomic mass is 9.83. The van der Waals surface area contributed by atoms with Gasteiger partial charge in [0.05, 0.1) is 6.42 Å². The van der Waals surface area contributed by atoms with Crippen molar-refractivity contribution in [3.8, 4) is 5.75 Å². The van der Waals surface area contributed by atoms with Crippen molar-refractivity contribution in [2.75, 3.05) is 5.32 Å². The molecular weight excluding hydrogens is 474 g/mol. The molecule has 0 saturated carbocycles. The molecule has 0 saturated heterocycles. The van der Waals surface area contributed by atoms with Crippen molar-refractivity contribution in [3.05, 3.63) is 22.3 Å². The minimum atomic E-state index is -0.959. The number of rotatable bonds is 16. The number of benzene rings is 1. The van der Waals surface area contributed by atoms with Crippen LogP contribution >= 0.6 is 0 Å². The van der Waals surface area contributed by atoms with Crippen LogP contribution in [0.25, 0.3) is 0 Å². The van der Waals surface area contributed by atoms with Crippen LogP contribution in [0.4, 0.5) is 5.69 Å². The van der Waals surface area contributed by atoms with Crippen LogP contribution in [0.15, 0.2) is 0 Å². The predicted octanol–water partition coefficient (Wildman–Crippen LogP) is 8.94. The second-order valence-corrected chi connectivity index (χ2v) is 12.9. The molecule has 1 heterocycles. The molecular formula is C33H55NO4. The van der Waals surface area contributed by atoms with Gasteiger partial charge in [-0.05, 0) is 93.4 Å². The third-order valence-electron chi connectivity index (χ3n) is 8.74. The molecule has 5 nitrogen and oxygen atoms in total. The van der Waals surface area contributed by atoms with Crippen LogP contribution in [-0.2, 0) is 16.0 Å². The Kier molecular flexibility index (Phi) is 12.6. The van der Waals surface area contributed by atoms with E-state index in [1.807, 2.05) is 13.8 Å². The van der Waals surface area contributed by atoms with Crippen LogP contribution in [0.3, 0.4) is 0 Å². The van der Waals surface area contributed by atoms with Crippen LogP contribution in [-0.4, -0.2) is 22.6 Å². The van der Waals surface area contributed by atoms with Gasteiger partial charge in [0.25, 0.3) is 0 Å². The zero-order valence-corrected chi connectivity index (χ0v) is 25.6. The van der Waals surface area contributed by atoms with Crippen molar-refractivity contribution in [2.45, 2.75) is 144 Å². The number of amides is 1. The number of carbonyl (C=O) groups is 2. The molecule has 0 fully saturated rings. The van der Waals surface area contributed by atoms with E-state index in [9.17, 15) is 9.59 Å². The van der Waals surface area contributed by atoms with E-state index >= 15 is 0 Å². The Morgan fingerprint density at radius 1 is 0.868 bits per heavy atom. The summed E-state index contributed by atoms with van der Waals surface area (Å²) in [4.78, 5) is 23.2. The van der Waals surface area contributed by atoms with Gasteiger partial charge in [-0.15, -0.1) is 0 Å². The first-order valence-corrected chi connectivity index (χ1v) is 15.2. The molecule has 216 valence electrons. The molecule has 0 spiro atoms. The van der Waals surface area contributed by atoms with Crippen molar-refractivity contribution in [1.29, 1.82) is 0 Å². The lowest BCUT2D eigenvalue weighted by Crippen LogP contribution is -2.37. The van der Waals surface area contributed by atoms with Gasteiger partial charge >= 0.3 is 5.97 Å². The number of fused-ring (bicyclic) bond motifs is 1. The first-order chi connectivity index (χ1) is 17.8. The highest BCUT2D eigenvalue weighted by atomic mass is 16.5. The van der Waals surface area contributed by atoms with Gasteiger partial charge in [0.1, 0.15) is 11.4 Å². The van der Waals surface area contributed by atoms with Crippen LogP contribution in [0.2, 0.25) is 0 Å². The van der Waals surface area contributed by atoms with E-state index in [0.29, 0.717) is 0 Å². The van der Waals surface area contributed by atoms with Gasteiger partial charge in [-0.3, -0.25) is 9.59 Å². The van der Waals surface area contributed by atoms with E-state index in [4.69, 9.17) is 9.84 Å². The van der Waals surface area contributed by atoms with Crippen molar-refractivity contribution in [1.82, 2.24) is 0 Å².